The van der Waals surface area contributed by atoms with Crippen LogP contribution in [-0.4, -0.2) is 30.3 Å². The summed E-state index contributed by atoms with van der Waals surface area (Å²) in [4.78, 5) is 35.9. The fraction of sp³-hybridized carbons (Fsp3) is 0.500. The highest BCUT2D eigenvalue weighted by molar-refractivity contribution is 6.40. The van der Waals surface area contributed by atoms with E-state index in [9.17, 15) is 14.4 Å². The third kappa shape index (κ3) is 6.81. The molecular weight excluding hydrogens is 306 g/mol. The van der Waals surface area contributed by atoms with Gasteiger partial charge in [0.15, 0.2) is 0 Å². The number of unbranched alkanes of at least 4 members (excludes halogenated alkanes) is 3. The number of hydrogen-bond donors (Lipinski definition) is 3. The first-order valence-corrected chi connectivity index (χ1v) is 8.44. The van der Waals surface area contributed by atoms with Crippen molar-refractivity contribution in [2.75, 3.05) is 11.9 Å². The molecule has 0 aliphatic carbocycles. The highest BCUT2D eigenvalue weighted by atomic mass is 16.2. The van der Waals surface area contributed by atoms with E-state index in [1.54, 1.807) is 24.3 Å². The van der Waals surface area contributed by atoms with Gasteiger partial charge in [-0.1, -0.05) is 38.3 Å². The molecule has 0 bridgehead atoms. The first-order chi connectivity index (χ1) is 11.5. The third-order valence-corrected chi connectivity index (χ3v) is 3.36. The fourth-order valence-corrected chi connectivity index (χ4v) is 2.14. The lowest BCUT2D eigenvalue weighted by molar-refractivity contribution is -0.136. The molecule has 1 aromatic carbocycles. The van der Waals surface area contributed by atoms with Crippen LogP contribution in [0.4, 0.5) is 5.69 Å². The third-order valence-electron chi connectivity index (χ3n) is 3.36. The summed E-state index contributed by atoms with van der Waals surface area (Å²) in [5.74, 6) is -1.75. The predicted octanol–water partition coefficient (Wildman–Crippen LogP) is 2.46. The molecule has 0 fully saturated rings. The Kier molecular flexibility index (Phi) is 8.54. The van der Waals surface area contributed by atoms with Crippen molar-refractivity contribution in [3.63, 3.8) is 0 Å². The molecule has 6 heteroatoms. The van der Waals surface area contributed by atoms with Gasteiger partial charge in [-0.05, 0) is 32.4 Å². The molecule has 3 amide bonds. The van der Waals surface area contributed by atoms with Crippen LogP contribution in [0.1, 0.15) is 56.8 Å². The zero-order chi connectivity index (χ0) is 17.9. The number of rotatable bonds is 8. The lowest BCUT2D eigenvalue weighted by Crippen LogP contribution is -2.37. The van der Waals surface area contributed by atoms with Crippen molar-refractivity contribution in [2.45, 2.75) is 52.5 Å². The summed E-state index contributed by atoms with van der Waals surface area (Å²) in [5.41, 5.74) is 0.650. The second-order valence-corrected chi connectivity index (χ2v) is 5.94. The summed E-state index contributed by atoms with van der Waals surface area (Å²) in [5, 5.41) is 7.86. The molecule has 0 radical (unpaired) electrons. The second-order valence-electron chi connectivity index (χ2n) is 5.94. The Balaban J connectivity index is 2.60. The number of carbonyl (C=O) groups is 3. The van der Waals surface area contributed by atoms with Gasteiger partial charge < -0.3 is 16.0 Å². The van der Waals surface area contributed by atoms with E-state index in [0.29, 0.717) is 17.8 Å². The molecule has 132 valence electrons. The highest BCUT2D eigenvalue weighted by Gasteiger charge is 2.17. The number of nitrogens with one attached hydrogen (secondary N) is 3. The summed E-state index contributed by atoms with van der Waals surface area (Å²) in [6.07, 6.45) is 4.10. The summed E-state index contributed by atoms with van der Waals surface area (Å²) >= 11 is 0. The Hall–Kier alpha value is -2.37. The maximum Gasteiger partial charge on any atom is 0.313 e. The zero-order valence-corrected chi connectivity index (χ0v) is 14.6. The molecule has 6 nitrogen and oxygen atoms in total. The largest absolute Gasteiger partial charge is 0.350 e. The van der Waals surface area contributed by atoms with E-state index >= 15 is 0 Å². The van der Waals surface area contributed by atoms with E-state index < -0.39 is 11.8 Å². The molecule has 0 saturated heterocycles. The second kappa shape index (κ2) is 10.4. The summed E-state index contributed by atoms with van der Waals surface area (Å²) in [6, 6.07) is 6.59. The SMILES string of the molecule is CCCCCCNC(=O)C(=O)Nc1ccccc1C(=O)NC(C)C. The van der Waals surface area contributed by atoms with Crippen LogP contribution in [-0.2, 0) is 9.59 Å². The minimum Gasteiger partial charge on any atom is -0.350 e. The molecule has 0 aromatic heterocycles. The molecule has 1 rings (SSSR count). The van der Waals surface area contributed by atoms with E-state index in [0.717, 1.165) is 25.7 Å². The quantitative estimate of drug-likeness (QED) is 0.504. The number of benzene rings is 1. The smallest absolute Gasteiger partial charge is 0.313 e. The molecule has 24 heavy (non-hydrogen) atoms. The van der Waals surface area contributed by atoms with Crippen molar-refractivity contribution < 1.29 is 14.4 Å². The van der Waals surface area contributed by atoms with Gasteiger partial charge in [0.1, 0.15) is 0 Å². The van der Waals surface area contributed by atoms with Gasteiger partial charge in [-0.3, -0.25) is 14.4 Å². The number of para-hydroxylation sites is 1. The average molecular weight is 333 g/mol. The number of hydrogen-bond acceptors (Lipinski definition) is 3. The van der Waals surface area contributed by atoms with Crippen LogP contribution in [0, 0.1) is 0 Å². The van der Waals surface area contributed by atoms with Gasteiger partial charge in [0.05, 0.1) is 11.3 Å². The Morgan fingerprint density at radius 3 is 2.38 bits per heavy atom. The topological polar surface area (TPSA) is 87.3 Å². The van der Waals surface area contributed by atoms with E-state index in [1.807, 2.05) is 13.8 Å². The van der Waals surface area contributed by atoms with E-state index in [-0.39, 0.29) is 11.9 Å². The zero-order valence-electron chi connectivity index (χ0n) is 14.6. The molecule has 0 aliphatic heterocycles. The monoisotopic (exact) mass is 333 g/mol. The van der Waals surface area contributed by atoms with Gasteiger partial charge in [0.2, 0.25) is 0 Å². The van der Waals surface area contributed by atoms with Gasteiger partial charge >= 0.3 is 11.8 Å². The van der Waals surface area contributed by atoms with E-state index in [2.05, 4.69) is 22.9 Å². The lowest BCUT2D eigenvalue weighted by atomic mass is 10.1. The van der Waals surface area contributed by atoms with Crippen molar-refractivity contribution in [3.8, 4) is 0 Å². The summed E-state index contributed by atoms with van der Waals surface area (Å²) in [7, 11) is 0. The Morgan fingerprint density at radius 2 is 1.71 bits per heavy atom. The maximum atomic E-state index is 12.1. The fourth-order valence-electron chi connectivity index (χ4n) is 2.14. The summed E-state index contributed by atoms with van der Waals surface area (Å²) < 4.78 is 0. The van der Waals surface area contributed by atoms with Gasteiger partial charge in [-0.2, -0.15) is 0 Å². The van der Waals surface area contributed by atoms with Crippen LogP contribution >= 0.6 is 0 Å². The van der Waals surface area contributed by atoms with Crippen LogP contribution in [0.15, 0.2) is 24.3 Å². The molecule has 0 atom stereocenters. The lowest BCUT2D eigenvalue weighted by Gasteiger charge is -2.13. The number of anilines is 1. The molecular formula is C18H27N3O3. The normalized spacial score (nSPS) is 10.3. The first kappa shape index (κ1) is 19.7. The van der Waals surface area contributed by atoms with Crippen LogP contribution in [0.25, 0.3) is 0 Å². The predicted molar refractivity (Wildman–Crippen MR) is 94.8 cm³/mol. The van der Waals surface area contributed by atoms with Crippen molar-refractivity contribution in [2.24, 2.45) is 0 Å². The van der Waals surface area contributed by atoms with Gasteiger partial charge in [0, 0.05) is 12.6 Å². The Labute approximate surface area is 143 Å². The van der Waals surface area contributed by atoms with Crippen LogP contribution in [0.3, 0.4) is 0 Å². The standard InChI is InChI=1S/C18H27N3O3/c1-4-5-6-9-12-19-17(23)18(24)21-15-11-8-7-10-14(15)16(22)20-13(2)3/h7-8,10-11,13H,4-6,9,12H2,1-3H3,(H,19,23)(H,20,22)(H,21,24). The molecule has 0 aliphatic rings. The van der Waals surface area contributed by atoms with Crippen LogP contribution in [0.5, 0.6) is 0 Å². The molecule has 3 N–H and O–H groups in total. The molecule has 0 spiro atoms. The number of amides is 3. The van der Waals surface area contributed by atoms with Crippen molar-refractivity contribution in [1.29, 1.82) is 0 Å². The minimum absolute atomic E-state index is 0.0207. The van der Waals surface area contributed by atoms with E-state index in [4.69, 9.17) is 0 Å². The van der Waals surface area contributed by atoms with Gasteiger partial charge in [0.25, 0.3) is 5.91 Å². The van der Waals surface area contributed by atoms with Gasteiger partial charge in [-0.15, -0.1) is 0 Å². The highest BCUT2D eigenvalue weighted by Crippen LogP contribution is 2.15. The van der Waals surface area contributed by atoms with Crippen LogP contribution < -0.4 is 16.0 Å². The van der Waals surface area contributed by atoms with Gasteiger partial charge in [-0.25, -0.2) is 0 Å². The number of carbonyl (C=O) groups excluding carboxylic acids is 3. The summed E-state index contributed by atoms with van der Waals surface area (Å²) in [6.45, 7) is 6.29. The van der Waals surface area contributed by atoms with E-state index in [1.165, 1.54) is 0 Å². The molecule has 0 unspecified atom stereocenters. The average Bonchev–Trinajstić information content (AvgIpc) is 2.54. The van der Waals surface area contributed by atoms with Crippen LogP contribution in [0.2, 0.25) is 0 Å². The Bertz CT molecular complexity index is 570. The Morgan fingerprint density at radius 1 is 1.00 bits per heavy atom. The molecule has 0 saturated carbocycles. The van der Waals surface area contributed by atoms with Crippen molar-refractivity contribution >= 4 is 23.4 Å². The molecule has 1 aromatic rings. The molecule has 0 heterocycles. The van der Waals surface area contributed by atoms with Crippen molar-refractivity contribution in [1.82, 2.24) is 10.6 Å². The minimum atomic E-state index is -0.768. The van der Waals surface area contributed by atoms with Crippen molar-refractivity contribution in [3.05, 3.63) is 29.8 Å². The first-order valence-electron chi connectivity index (χ1n) is 8.44. The maximum absolute atomic E-state index is 12.1.